The smallest absolute Gasteiger partial charge is 0.122 e. The molecule has 0 saturated heterocycles. The summed E-state index contributed by atoms with van der Waals surface area (Å²) >= 11 is 0. The number of fused-ring (bicyclic) bond motifs is 1. The predicted molar refractivity (Wildman–Crippen MR) is 70.1 cm³/mol. The van der Waals surface area contributed by atoms with Crippen LogP contribution in [-0.2, 0) is 0 Å². The number of aromatic nitrogens is 1. The molecule has 2 aromatic rings. The highest BCUT2D eigenvalue weighted by Crippen LogP contribution is 2.40. The van der Waals surface area contributed by atoms with Gasteiger partial charge < -0.3 is 9.80 Å². The summed E-state index contributed by atoms with van der Waals surface area (Å²) < 4.78 is 0. The average Bonchev–Trinajstić information content (AvgIpc) is 2.78. The number of pyridine rings is 1. The second-order valence-corrected chi connectivity index (χ2v) is 3.95. The average molecular weight is 224 g/mol. The normalized spacial score (nSPS) is 13.9. The number of rotatable bonds is 2. The van der Waals surface area contributed by atoms with Gasteiger partial charge in [0.05, 0.1) is 5.69 Å². The lowest BCUT2D eigenvalue weighted by atomic mass is 10.3. The maximum Gasteiger partial charge on any atom is 0.122 e. The van der Waals surface area contributed by atoms with Gasteiger partial charge >= 0.3 is 0 Å². The lowest BCUT2D eigenvalue weighted by Crippen LogP contribution is -2.21. The second-order valence-electron chi connectivity index (χ2n) is 3.95. The Hall–Kier alpha value is -2.03. The zero-order chi connectivity index (χ0) is 11.7. The van der Waals surface area contributed by atoms with Crippen molar-refractivity contribution >= 4 is 17.2 Å². The van der Waals surface area contributed by atoms with Crippen molar-refractivity contribution in [3.8, 4) is 0 Å². The molecule has 3 rings (SSSR count). The molecule has 0 bridgehead atoms. The zero-order valence-corrected chi connectivity index (χ0v) is 9.74. The minimum Gasteiger partial charge on any atom is -0.486 e. The summed E-state index contributed by atoms with van der Waals surface area (Å²) in [5, 5.41) is 0. The third kappa shape index (κ3) is 1.64. The summed E-state index contributed by atoms with van der Waals surface area (Å²) in [6, 6.07) is 14.4. The second kappa shape index (κ2) is 4.09. The molecule has 0 aliphatic carbocycles. The van der Waals surface area contributed by atoms with Crippen molar-refractivity contribution in [3.63, 3.8) is 0 Å². The first-order chi connectivity index (χ1) is 8.40. The fraction of sp³-hybridized carbons (Fsp3) is 0.143. The first-order valence-corrected chi connectivity index (χ1v) is 5.81. The summed E-state index contributed by atoms with van der Waals surface area (Å²) in [4.78, 5) is 8.77. The van der Waals surface area contributed by atoms with E-state index in [-0.39, 0.29) is 0 Å². The molecule has 2 heterocycles. The fourth-order valence-corrected chi connectivity index (χ4v) is 2.08. The van der Waals surface area contributed by atoms with Crippen LogP contribution in [0.2, 0.25) is 0 Å². The van der Waals surface area contributed by atoms with Crippen LogP contribution in [0.15, 0.2) is 48.7 Å². The summed E-state index contributed by atoms with van der Waals surface area (Å²) in [7, 11) is 0. The van der Waals surface area contributed by atoms with E-state index in [9.17, 15) is 0 Å². The van der Waals surface area contributed by atoms with Crippen LogP contribution in [0.3, 0.4) is 0 Å². The summed E-state index contributed by atoms with van der Waals surface area (Å²) in [6.45, 7) is 5.16. The van der Waals surface area contributed by atoms with E-state index < -0.39 is 0 Å². The van der Waals surface area contributed by atoms with Crippen molar-refractivity contribution in [1.82, 2.24) is 4.98 Å². The molecule has 0 fully saturated rings. The molecule has 17 heavy (non-hydrogen) atoms. The van der Waals surface area contributed by atoms with Crippen molar-refractivity contribution in [3.05, 3.63) is 55.3 Å². The highest BCUT2D eigenvalue weighted by molar-refractivity contribution is 5.81. The molecule has 1 aromatic carbocycles. The zero-order valence-electron chi connectivity index (χ0n) is 9.74. The Morgan fingerprint density at radius 3 is 2.71 bits per heavy atom. The van der Waals surface area contributed by atoms with Crippen LogP contribution in [0.5, 0.6) is 0 Å². The number of para-hydroxylation sites is 1. The summed E-state index contributed by atoms with van der Waals surface area (Å²) in [6.07, 6.45) is 1.84. The van der Waals surface area contributed by atoms with Crippen molar-refractivity contribution in [1.29, 1.82) is 0 Å². The van der Waals surface area contributed by atoms with Gasteiger partial charge in [-0.05, 0) is 37.7 Å². The molecule has 0 radical (unpaired) electrons. The van der Waals surface area contributed by atoms with Crippen LogP contribution < -0.4 is 9.80 Å². The molecule has 1 aromatic heterocycles. The van der Waals surface area contributed by atoms with Crippen LogP contribution in [0.4, 0.5) is 17.2 Å². The van der Waals surface area contributed by atoms with E-state index in [1.807, 2.05) is 30.5 Å². The van der Waals surface area contributed by atoms with Crippen molar-refractivity contribution < 1.29 is 0 Å². The van der Waals surface area contributed by atoms with Gasteiger partial charge in [-0.15, -0.1) is 6.67 Å². The van der Waals surface area contributed by atoms with Crippen LogP contribution in [0, 0.1) is 6.67 Å². The standard InChI is InChI=1S/C14H14N3/c1-2-16-11-17(12-7-4-3-5-8-12)13-9-6-10-15-14(13)16/h3-11H,2H2,1H3/q-1. The van der Waals surface area contributed by atoms with Gasteiger partial charge in [-0.1, -0.05) is 18.2 Å². The summed E-state index contributed by atoms with van der Waals surface area (Å²) in [5.41, 5.74) is 2.30. The highest BCUT2D eigenvalue weighted by atomic mass is 15.4. The molecule has 1 aliphatic heterocycles. The summed E-state index contributed by atoms with van der Waals surface area (Å²) in [5.74, 6) is 1.03. The van der Waals surface area contributed by atoms with Gasteiger partial charge in [-0.2, -0.15) is 0 Å². The molecule has 1 aliphatic rings. The molecule has 86 valence electrons. The Kier molecular flexibility index (Phi) is 2.44. The Balaban J connectivity index is 2.05. The number of benzene rings is 1. The molecular weight excluding hydrogens is 210 g/mol. The molecule has 0 N–H and O–H groups in total. The predicted octanol–water partition coefficient (Wildman–Crippen LogP) is 3.18. The molecular formula is C14H14N3-. The maximum absolute atomic E-state index is 4.44. The van der Waals surface area contributed by atoms with E-state index in [0.29, 0.717) is 0 Å². The third-order valence-electron chi connectivity index (χ3n) is 2.93. The molecule has 0 spiro atoms. The first-order valence-electron chi connectivity index (χ1n) is 5.81. The van der Waals surface area contributed by atoms with Gasteiger partial charge in [0.2, 0.25) is 0 Å². The molecule has 3 heteroatoms. The minimum atomic E-state index is 0.924. The minimum absolute atomic E-state index is 0.924. The number of hydrogen-bond donors (Lipinski definition) is 0. The van der Waals surface area contributed by atoms with Crippen LogP contribution in [0.25, 0.3) is 0 Å². The first kappa shape index (κ1) is 10.1. The maximum atomic E-state index is 4.44. The quantitative estimate of drug-likeness (QED) is 0.730. The monoisotopic (exact) mass is 224 g/mol. The topological polar surface area (TPSA) is 19.4 Å². The molecule has 0 atom stereocenters. The van der Waals surface area contributed by atoms with Crippen molar-refractivity contribution in [2.45, 2.75) is 6.92 Å². The van der Waals surface area contributed by atoms with E-state index in [1.54, 1.807) is 0 Å². The molecule has 0 amide bonds. The van der Waals surface area contributed by atoms with Gasteiger partial charge in [0.15, 0.2) is 0 Å². The Bertz CT molecular complexity index is 510. The Labute approximate surface area is 101 Å². The van der Waals surface area contributed by atoms with E-state index in [0.717, 1.165) is 23.7 Å². The lowest BCUT2D eigenvalue weighted by molar-refractivity contribution is 0.939. The van der Waals surface area contributed by atoms with E-state index in [4.69, 9.17) is 0 Å². The number of nitrogens with zero attached hydrogens (tertiary/aromatic N) is 3. The highest BCUT2D eigenvalue weighted by Gasteiger charge is 2.17. The van der Waals surface area contributed by atoms with Crippen LogP contribution in [-0.4, -0.2) is 11.5 Å². The molecule has 0 saturated carbocycles. The van der Waals surface area contributed by atoms with Gasteiger partial charge in [-0.25, -0.2) is 4.98 Å². The van der Waals surface area contributed by atoms with E-state index >= 15 is 0 Å². The number of hydrogen-bond acceptors (Lipinski definition) is 3. The Morgan fingerprint density at radius 2 is 1.94 bits per heavy atom. The van der Waals surface area contributed by atoms with E-state index in [2.05, 4.69) is 46.6 Å². The van der Waals surface area contributed by atoms with E-state index in [1.165, 1.54) is 0 Å². The van der Waals surface area contributed by atoms with Crippen molar-refractivity contribution in [2.75, 3.05) is 16.3 Å². The van der Waals surface area contributed by atoms with Crippen LogP contribution in [0.1, 0.15) is 6.92 Å². The fourth-order valence-electron chi connectivity index (χ4n) is 2.08. The third-order valence-corrected chi connectivity index (χ3v) is 2.93. The Morgan fingerprint density at radius 1 is 1.12 bits per heavy atom. The molecule has 0 unspecified atom stereocenters. The lowest BCUT2D eigenvalue weighted by Gasteiger charge is -2.32. The van der Waals surface area contributed by atoms with Crippen molar-refractivity contribution in [2.24, 2.45) is 0 Å². The number of anilines is 3. The molecule has 3 nitrogen and oxygen atoms in total. The van der Waals surface area contributed by atoms with Gasteiger partial charge in [0, 0.05) is 11.9 Å². The van der Waals surface area contributed by atoms with Gasteiger partial charge in [0.25, 0.3) is 0 Å². The largest absolute Gasteiger partial charge is 0.486 e. The van der Waals surface area contributed by atoms with Gasteiger partial charge in [-0.3, -0.25) is 0 Å². The SMILES string of the molecule is CCN1[CH-]N(c2ccccc2)c2cccnc21. The van der Waals surface area contributed by atoms with Crippen LogP contribution >= 0.6 is 0 Å². The van der Waals surface area contributed by atoms with Gasteiger partial charge in [0.1, 0.15) is 5.82 Å².